The third-order valence-electron chi connectivity index (χ3n) is 5.62. The number of hydrogen-bond acceptors (Lipinski definition) is 4. The predicted molar refractivity (Wildman–Crippen MR) is 142 cm³/mol. The van der Waals surface area contributed by atoms with Crippen LogP contribution in [0.1, 0.15) is 51.7 Å². The van der Waals surface area contributed by atoms with Crippen molar-refractivity contribution in [3.8, 4) is 0 Å². The molecule has 0 aliphatic heterocycles. The van der Waals surface area contributed by atoms with Crippen molar-refractivity contribution in [3.05, 3.63) is 64.4 Å². The second-order valence-electron chi connectivity index (χ2n) is 9.85. The first-order valence-electron chi connectivity index (χ1n) is 11.7. The minimum Gasteiger partial charge on any atom is -0.350 e. The molecule has 0 aliphatic carbocycles. The van der Waals surface area contributed by atoms with Gasteiger partial charge in [-0.05, 0) is 64.8 Å². The number of amides is 2. The molecule has 0 heterocycles. The van der Waals surface area contributed by atoms with Gasteiger partial charge in [-0.3, -0.25) is 13.9 Å². The number of sulfonamides is 1. The number of carbonyl (C=O) groups excluding carboxylic acids is 2. The lowest BCUT2D eigenvalue weighted by Gasteiger charge is -2.32. The molecule has 0 bridgehead atoms. The fourth-order valence-electron chi connectivity index (χ4n) is 3.72. The molecule has 2 aromatic carbocycles. The number of carbonyl (C=O) groups is 2. The zero-order chi connectivity index (χ0) is 27.3. The summed E-state index contributed by atoms with van der Waals surface area (Å²) in [5.74, 6) is -1.22. The van der Waals surface area contributed by atoms with Crippen molar-refractivity contribution in [1.29, 1.82) is 0 Å². The Morgan fingerprint density at radius 2 is 1.75 bits per heavy atom. The monoisotopic (exact) mass is 539 g/mol. The smallest absolute Gasteiger partial charge is 0.242 e. The van der Waals surface area contributed by atoms with E-state index in [1.54, 1.807) is 50.2 Å². The molecule has 1 atom stereocenters. The molecule has 7 nitrogen and oxygen atoms in total. The Morgan fingerprint density at radius 1 is 1.11 bits per heavy atom. The molecule has 1 N–H and O–H groups in total. The molecule has 0 spiro atoms. The van der Waals surface area contributed by atoms with Gasteiger partial charge < -0.3 is 10.2 Å². The molecular formula is C26H35ClFN3O4S. The van der Waals surface area contributed by atoms with Crippen molar-refractivity contribution in [2.24, 2.45) is 0 Å². The maximum Gasteiger partial charge on any atom is 0.242 e. The average Bonchev–Trinajstić information content (AvgIpc) is 2.76. The molecule has 10 heteroatoms. The highest BCUT2D eigenvalue weighted by Crippen LogP contribution is 2.28. The number of nitrogens with one attached hydrogen (secondary N) is 1. The Hall–Kier alpha value is -2.65. The van der Waals surface area contributed by atoms with Gasteiger partial charge in [0, 0.05) is 35.6 Å². The third-order valence-corrected chi connectivity index (χ3v) is 7.21. The highest BCUT2D eigenvalue weighted by Gasteiger charge is 2.29. The molecule has 2 rings (SSSR count). The quantitative estimate of drug-likeness (QED) is 0.475. The van der Waals surface area contributed by atoms with E-state index >= 15 is 0 Å². The second kappa shape index (κ2) is 12.1. The number of benzene rings is 2. The lowest BCUT2D eigenvalue weighted by atomic mass is 10.1. The predicted octanol–water partition coefficient (Wildman–Crippen LogP) is 4.67. The Labute approximate surface area is 218 Å². The van der Waals surface area contributed by atoms with Gasteiger partial charge in [-0.15, -0.1) is 0 Å². The Morgan fingerprint density at radius 3 is 2.33 bits per heavy atom. The van der Waals surface area contributed by atoms with E-state index in [9.17, 15) is 22.4 Å². The van der Waals surface area contributed by atoms with Crippen molar-refractivity contribution in [3.63, 3.8) is 0 Å². The van der Waals surface area contributed by atoms with Crippen molar-refractivity contribution in [1.82, 2.24) is 10.2 Å². The van der Waals surface area contributed by atoms with Crippen LogP contribution >= 0.6 is 11.6 Å². The third kappa shape index (κ3) is 8.20. The summed E-state index contributed by atoms with van der Waals surface area (Å²) in [5.41, 5.74) is 0.833. The Kier molecular flexibility index (Phi) is 9.91. The van der Waals surface area contributed by atoms with Crippen LogP contribution in [-0.2, 0) is 26.2 Å². The fraction of sp³-hybridized carbons (Fsp3) is 0.462. The highest BCUT2D eigenvalue weighted by molar-refractivity contribution is 7.92. The normalized spacial score (nSPS) is 12.7. The van der Waals surface area contributed by atoms with E-state index in [0.717, 1.165) is 6.26 Å². The largest absolute Gasteiger partial charge is 0.350 e. The van der Waals surface area contributed by atoms with Gasteiger partial charge in [0.1, 0.15) is 11.9 Å². The van der Waals surface area contributed by atoms with E-state index < -0.39 is 27.4 Å². The topological polar surface area (TPSA) is 86.8 Å². The summed E-state index contributed by atoms with van der Waals surface area (Å²) < 4.78 is 40.6. The molecule has 0 fully saturated rings. The summed E-state index contributed by atoms with van der Waals surface area (Å²) in [5, 5.41) is 3.29. The molecular weight excluding hydrogens is 505 g/mol. The number of nitrogens with zero attached hydrogens (tertiary/aromatic N) is 2. The number of rotatable bonds is 10. The minimum absolute atomic E-state index is 0.0345. The van der Waals surface area contributed by atoms with E-state index in [2.05, 4.69) is 5.32 Å². The molecule has 0 saturated heterocycles. The summed E-state index contributed by atoms with van der Waals surface area (Å²) in [6, 6.07) is 10.2. The molecule has 0 aromatic heterocycles. The number of hydrogen-bond donors (Lipinski definition) is 1. The molecule has 2 aromatic rings. The summed E-state index contributed by atoms with van der Waals surface area (Å²) >= 11 is 6.18. The summed E-state index contributed by atoms with van der Waals surface area (Å²) in [6.45, 7) is 8.77. The second-order valence-corrected chi connectivity index (χ2v) is 12.2. The van der Waals surface area contributed by atoms with Gasteiger partial charge in [-0.25, -0.2) is 12.8 Å². The lowest BCUT2D eigenvalue weighted by Crippen LogP contribution is -2.52. The van der Waals surface area contributed by atoms with Gasteiger partial charge >= 0.3 is 0 Å². The van der Waals surface area contributed by atoms with E-state index in [4.69, 9.17) is 11.6 Å². The maximum absolute atomic E-state index is 14.4. The molecule has 0 saturated carbocycles. The lowest BCUT2D eigenvalue weighted by molar-refractivity contribution is -0.141. The molecule has 1 unspecified atom stereocenters. The average molecular weight is 540 g/mol. The van der Waals surface area contributed by atoms with Gasteiger partial charge in [0.05, 0.1) is 11.9 Å². The maximum atomic E-state index is 14.4. The standard InChI is InChI=1S/C26H35ClFN3O4S/c1-18-21(27)12-9-14-23(18)31(36(6,34)35)16-10-15-24(32)30(17-20-11-7-8-13-22(20)28)19(2)25(33)29-26(3,4)5/h7-9,11-14,19H,10,15-17H2,1-6H3,(H,29,33). The van der Waals surface area contributed by atoms with Crippen LogP contribution in [0.15, 0.2) is 42.5 Å². The van der Waals surface area contributed by atoms with Gasteiger partial charge in [0.2, 0.25) is 21.8 Å². The van der Waals surface area contributed by atoms with Gasteiger partial charge in [0.25, 0.3) is 0 Å². The van der Waals surface area contributed by atoms with Crippen molar-refractivity contribution < 1.29 is 22.4 Å². The molecule has 198 valence electrons. The van der Waals surface area contributed by atoms with Gasteiger partial charge in [-0.2, -0.15) is 0 Å². The van der Waals surface area contributed by atoms with Crippen LogP contribution in [0.4, 0.5) is 10.1 Å². The molecule has 0 aliphatic rings. The molecule has 0 radical (unpaired) electrons. The number of halogens is 2. The van der Waals surface area contributed by atoms with E-state index in [0.29, 0.717) is 16.3 Å². The van der Waals surface area contributed by atoms with Crippen molar-refractivity contribution >= 4 is 39.1 Å². The van der Waals surface area contributed by atoms with Crippen LogP contribution in [0.25, 0.3) is 0 Å². The van der Waals surface area contributed by atoms with E-state index in [-0.39, 0.29) is 43.3 Å². The summed E-state index contributed by atoms with van der Waals surface area (Å²) in [6.07, 6.45) is 1.25. The SMILES string of the molecule is Cc1c(Cl)cccc1N(CCCC(=O)N(Cc1ccccc1F)C(C)C(=O)NC(C)(C)C)S(C)(=O)=O. The Bertz CT molecular complexity index is 1200. The number of anilines is 1. The minimum atomic E-state index is -3.64. The zero-order valence-electron chi connectivity index (χ0n) is 21.6. The van der Waals surface area contributed by atoms with Crippen LogP contribution in [0.5, 0.6) is 0 Å². The summed E-state index contributed by atoms with van der Waals surface area (Å²) in [7, 11) is -3.64. The first-order chi connectivity index (χ1) is 16.6. The first kappa shape index (κ1) is 29.6. The first-order valence-corrected chi connectivity index (χ1v) is 13.9. The van der Waals surface area contributed by atoms with Crippen LogP contribution in [0, 0.1) is 12.7 Å². The summed E-state index contributed by atoms with van der Waals surface area (Å²) in [4.78, 5) is 27.5. The zero-order valence-corrected chi connectivity index (χ0v) is 23.2. The molecule has 2 amide bonds. The van der Waals surface area contributed by atoms with Crippen LogP contribution in [0.3, 0.4) is 0 Å². The van der Waals surface area contributed by atoms with Gasteiger partial charge in [-0.1, -0.05) is 35.9 Å². The fourth-order valence-corrected chi connectivity index (χ4v) is 4.90. The van der Waals surface area contributed by atoms with Crippen LogP contribution in [0.2, 0.25) is 5.02 Å². The Balaban J connectivity index is 2.24. The molecule has 36 heavy (non-hydrogen) atoms. The van der Waals surface area contributed by atoms with Crippen molar-refractivity contribution in [2.45, 2.75) is 65.6 Å². The van der Waals surface area contributed by atoms with E-state index in [1.165, 1.54) is 15.3 Å². The van der Waals surface area contributed by atoms with E-state index in [1.807, 2.05) is 20.8 Å². The van der Waals surface area contributed by atoms with Gasteiger partial charge in [0.15, 0.2) is 0 Å². The van der Waals surface area contributed by atoms with Crippen molar-refractivity contribution in [2.75, 3.05) is 17.1 Å². The highest BCUT2D eigenvalue weighted by atomic mass is 35.5. The van der Waals surface area contributed by atoms with Crippen LogP contribution in [-0.4, -0.2) is 49.5 Å². The van der Waals surface area contributed by atoms with Crippen LogP contribution < -0.4 is 9.62 Å².